The molecule has 2 rings (SSSR count). The smallest absolute Gasteiger partial charge is 0.131 e. The van der Waals surface area contributed by atoms with Crippen molar-refractivity contribution in [2.75, 3.05) is 0 Å². The Morgan fingerprint density at radius 1 is 1.06 bits per heavy atom. The minimum atomic E-state index is -0.346. The van der Waals surface area contributed by atoms with Gasteiger partial charge in [-0.3, -0.25) is 0 Å². The van der Waals surface area contributed by atoms with Crippen molar-refractivity contribution in [3.8, 4) is 17.2 Å². The maximum absolute atomic E-state index is 13.5. The van der Waals surface area contributed by atoms with Crippen LogP contribution in [0.3, 0.4) is 0 Å². The van der Waals surface area contributed by atoms with Crippen LogP contribution in [-0.4, -0.2) is 0 Å². The van der Waals surface area contributed by atoms with Crippen molar-refractivity contribution >= 4 is 11.6 Å². The molecule has 0 unspecified atom stereocenters. The highest BCUT2D eigenvalue weighted by Gasteiger charge is 2.05. The lowest BCUT2D eigenvalue weighted by Crippen LogP contribution is -1.86. The number of rotatable bonds is 1. The highest BCUT2D eigenvalue weighted by atomic mass is 35.5. The van der Waals surface area contributed by atoms with Crippen LogP contribution < -0.4 is 0 Å². The van der Waals surface area contributed by atoms with Crippen molar-refractivity contribution in [2.45, 2.75) is 0 Å². The third-order valence-corrected chi connectivity index (χ3v) is 2.50. The molecular formula is C13H7ClFN. The van der Waals surface area contributed by atoms with E-state index in [9.17, 15) is 4.39 Å². The van der Waals surface area contributed by atoms with Gasteiger partial charge in [-0.1, -0.05) is 23.7 Å². The first-order chi connectivity index (χ1) is 7.70. The standard InChI is InChI=1S/C13H7ClFN/c14-11-4-2-10(3-5-11)12-7-9(8-16)1-6-13(12)15/h1-7H. The molecule has 2 aromatic rings. The molecule has 0 aliphatic carbocycles. The SMILES string of the molecule is N#Cc1ccc(F)c(-c2ccc(Cl)cc2)c1. The first-order valence-electron chi connectivity index (χ1n) is 4.66. The number of halogens is 2. The number of nitrogens with zero attached hydrogens (tertiary/aromatic N) is 1. The zero-order valence-corrected chi connectivity index (χ0v) is 9.00. The molecule has 0 heterocycles. The fourth-order valence-electron chi connectivity index (χ4n) is 1.45. The Morgan fingerprint density at radius 3 is 2.38 bits per heavy atom. The Bertz CT molecular complexity index is 555. The Hall–Kier alpha value is -1.85. The molecule has 0 amide bonds. The van der Waals surface area contributed by atoms with E-state index in [2.05, 4.69) is 0 Å². The van der Waals surface area contributed by atoms with Gasteiger partial charge in [-0.25, -0.2) is 4.39 Å². The summed E-state index contributed by atoms with van der Waals surface area (Å²) in [5.74, 6) is -0.346. The Kier molecular flexibility index (Phi) is 2.89. The molecule has 0 aromatic heterocycles. The third kappa shape index (κ3) is 2.05. The number of nitriles is 1. The summed E-state index contributed by atoms with van der Waals surface area (Å²) in [6.45, 7) is 0. The van der Waals surface area contributed by atoms with Gasteiger partial charge in [0.15, 0.2) is 0 Å². The lowest BCUT2D eigenvalue weighted by molar-refractivity contribution is 0.631. The summed E-state index contributed by atoms with van der Waals surface area (Å²) in [4.78, 5) is 0. The van der Waals surface area contributed by atoms with Gasteiger partial charge in [0.05, 0.1) is 11.6 Å². The van der Waals surface area contributed by atoms with E-state index in [1.54, 1.807) is 24.3 Å². The van der Waals surface area contributed by atoms with E-state index >= 15 is 0 Å². The van der Waals surface area contributed by atoms with E-state index in [4.69, 9.17) is 16.9 Å². The molecule has 0 aliphatic rings. The maximum atomic E-state index is 13.5. The summed E-state index contributed by atoms with van der Waals surface area (Å²) in [6.07, 6.45) is 0. The lowest BCUT2D eigenvalue weighted by Gasteiger charge is -2.03. The van der Waals surface area contributed by atoms with E-state index in [-0.39, 0.29) is 5.82 Å². The predicted octanol–water partition coefficient (Wildman–Crippen LogP) is 4.02. The topological polar surface area (TPSA) is 23.8 Å². The van der Waals surface area contributed by atoms with Crippen LogP contribution in [0.15, 0.2) is 42.5 Å². The van der Waals surface area contributed by atoms with Crippen LogP contribution >= 0.6 is 11.6 Å². The van der Waals surface area contributed by atoms with Gasteiger partial charge in [-0.15, -0.1) is 0 Å². The molecule has 3 heteroatoms. The van der Waals surface area contributed by atoms with E-state index in [1.165, 1.54) is 18.2 Å². The van der Waals surface area contributed by atoms with Crippen LogP contribution in [0.1, 0.15) is 5.56 Å². The second-order valence-electron chi connectivity index (χ2n) is 3.31. The van der Waals surface area contributed by atoms with Gasteiger partial charge in [0, 0.05) is 10.6 Å². The number of hydrogen-bond acceptors (Lipinski definition) is 1. The van der Waals surface area contributed by atoms with Crippen LogP contribution in [0.2, 0.25) is 5.02 Å². The van der Waals surface area contributed by atoms with Crippen LogP contribution in [0.5, 0.6) is 0 Å². The average molecular weight is 232 g/mol. The van der Waals surface area contributed by atoms with Gasteiger partial charge in [-0.05, 0) is 35.9 Å². The molecule has 0 fully saturated rings. The molecule has 16 heavy (non-hydrogen) atoms. The average Bonchev–Trinajstić information content (AvgIpc) is 2.31. The monoisotopic (exact) mass is 231 g/mol. The minimum absolute atomic E-state index is 0.346. The fourth-order valence-corrected chi connectivity index (χ4v) is 1.57. The van der Waals surface area contributed by atoms with Gasteiger partial charge in [0.2, 0.25) is 0 Å². The van der Waals surface area contributed by atoms with E-state index in [0.29, 0.717) is 21.7 Å². The molecule has 0 radical (unpaired) electrons. The molecule has 2 aromatic carbocycles. The number of hydrogen-bond donors (Lipinski definition) is 0. The molecule has 0 spiro atoms. The summed E-state index contributed by atoms with van der Waals surface area (Å²) in [5.41, 5.74) is 1.56. The first-order valence-corrected chi connectivity index (χ1v) is 5.04. The molecule has 0 saturated heterocycles. The molecule has 0 saturated carbocycles. The highest BCUT2D eigenvalue weighted by Crippen LogP contribution is 2.25. The quantitative estimate of drug-likeness (QED) is 0.727. The molecule has 1 nitrogen and oxygen atoms in total. The fraction of sp³-hybridized carbons (Fsp3) is 0. The number of benzene rings is 2. The Morgan fingerprint density at radius 2 is 1.75 bits per heavy atom. The molecule has 0 aliphatic heterocycles. The van der Waals surface area contributed by atoms with Crippen molar-refractivity contribution < 1.29 is 4.39 Å². The van der Waals surface area contributed by atoms with Gasteiger partial charge in [0.25, 0.3) is 0 Å². The Labute approximate surface area is 97.7 Å². The lowest BCUT2D eigenvalue weighted by atomic mass is 10.0. The zero-order chi connectivity index (χ0) is 11.5. The maximum Gasteiger partial charge on any atom is 0.131 e. The van der Waals surface area contributed by atoms with Gasteiger partial charge in [-0.2, -0.15) is 5.26 Å². The van der Waals surface area contributed by atoms with Gasteiger partial charge >= 0.3 is 0 Å². The summed E-state index contributed by atoms with van der Waals surface area (Å²) in [6, 6.07) is 13.1. The highest BCUT2D eigenvalue weighted by molar-refractivity contribution is 6.30. The van der Waals surface area contributed by atoms with Crippen LogP contribution in [0, 0.1) is 17.1 Å². The molecule has 78 valence electrons. The molecule has 0 N–H and O–H groups in total. The Balaban J connectivity index is 2.55. The summed E-state index contributed by atoms with van der Waals surface area (Å²) in [7, 11) is 0. The largest absolute Gasteiger partial charge is 0.206 e. The van der Waals surface area contributed by atoms with E-state index < -0.39 is 0 Å². The third-order valence-electron chi connectivity index (χ3n) is 2.25. The van der Waals surface area contributed by atoms with Crippen LogP contribution in [0.25, 0.3) is 11.1 Å². The van der Waals surface area contributed by atoms with Gasteiger partial charge in [0.1, 0.15) is 5.82 Å². The first kappa shape index (κ1) is 10.7. The van der Waals surface area contributed by atoms with Crippen molar-refractivity contribution in [2.24, 2.45) is 0 Å². The van der Waals surface area contributed by atoms with Gasteiger partial charge < -0.3 is 0 Å². The normalized spacial score (nSPS) is 9.81. The zero-order valence-electron chi connectivity index (χ0n) is 8.24. The van der Waals surface area contributed by atoms with Crippen molar-refractivity contribution in [1.82, 2.24) is 0 Å². The van der Waals surface area contributed by atoms with E-state index in [0.717, 1.165) is 0 Å². The van der Waals surface area contributed by atoms with Crippen LogP contribution in [-0.2, 0) is 0 Å². The summed E-state index contributed by atoms with van der Waals surface area (Å²) >= 11 is 5.75. The second kappa shape index (κ2) is 4.34. The minimum Gasteiger partial charge on any atom is -0.206 e. The van der Waals surface area contributed by atoms with Crippen molar-refractivity contribution in [3.05, 3.63) is 58.9 Å². The molecule has 0 atom stereocenters. The summed E-state index contributed by atoms with van der Waals surface area (Å²) < 4.78 is 13.5. The van der Waals surface area contributed by atoms with Crippen LogP contribution in [0.4, 0.5) is 4.39 Å². The van der Waals surface area contributed by atoms with Crippen molar-refractivity contribution in [3.63, 3.8) is 0 Å². The second-order valence-corrected chi connectivity index (χ2v) is 3.75. The molecule has 0 bridgehead atoms. The summed E-state index contributed by atoms with van der Waals surface area (Å²) in [5, 5.41) is 9.35. The van der Waals surface area contributed by atoms with E-state index in [1.807, 2.05) is 6.07 Å². The molecular weight excluding hydrogens is 225 g/mol. The predicted molar refractivity (Wildman–Crippen MR) is 61.6 cm³/mol. The van der Waals surface area contributed by atoms with Crippen molar-refractivity contribution in [1.29, 1.82) is 5.26 Å².